The number of pyridine rings is 1. The summed E-state index contributed by atoms with van der Waals surface area (Å²) in [6.07, 6.45) is 4.98. The number of ether oxygens (including phenoxy) is 1. The summed E-state index contributed by atoms with van der Waals surface area (Å²) in [7, 11) is 0. The summed E-state index contributed by atoms with van der Waals surface area (Å²) in [6.45, 7) is 9.48. The van der Waals surface area contributed by atoms with Gasteiger partial charge in [-0.3, -0.25) is 9.88 Å². The third kappa shape index (κ3) is 5.50. The minimum atomic E-state index is -0.461. The molecule has 1 aliphatic rings. The molecule has 1 fully saturated rings. The minimum absolute atomic E-state index is 0.252. The molecule has 2 rings (SSSR count). The smallest absolute Gasteiger partial charge is 0.407 e. The summed E-state index contributed by atoms with van der Waals surface area (Å²) in [5, 5.41) is 2.92. The molecule has 0 saturated carbocycles. The Hall–Kier alpha value is -1.62. The van der Waals surface area contributed by atoms with Crippen molar-refractivity contribution >= 4 is 6.09 Å². The van der Waals surface area contributed by atoms with E-state index in [2.05, 4.69) is 28.2 Å². The van der Waals surface area contributed by atoms with Crippen molar-refractivity contribution in [1.29, 1.82) is 0 Å². The molecule has 1 aromatic rings. The van der Waals surface area contributed by atoms with Crippen LogP contribution in [0.15, 0.2) is 24.4 Å². The lowest BCUT2D eigenvalue weighted by Crippen LogP contribution is -2.48. The lowest BCUT2D eigenvalue weighted by molar-refractivity contribution is 0.0470. The molecule has 1 aromatic heterocycles. The molecule has 2 atom stereocenters. The van der Waals surface area contributed by atoms with Crippen LogP contribution in [0, 0.1) is 0 Å². The zero-order chi connectivity index (χ0) is 16.9. The molecule has 0 unspecified atom stereocenters. The van der Waals surface area contributed by atoms with Crippen LogP contribution in [0.25, 0.3) is 0 Å². The van der Waals surface area contributed by atoms with Gasteiger partial charge in [-0.2, -0.15) is 0 Å². The predicted octanol–water partition coefficient (Wildman–Crippen LogP) is 3.52. The quantitative estimate of drug-likeness (QED) is 0.922. The van der Waals surface area contributed by atoms with Crippen LogP contribution in [-0.2, 0) is 4.74 Å². The number of aromatic nitrogens is 1. The second-order valence-corrected chi connectivity index (χ2v) is 7.20. The van der Waals surface area contributed by atoms with Crippen molar-refractivity contribution in [2.75, 3.05) is 13.1 Å². The van der Waals surface area contributed by atoms with Crippen LogP contribution in [0.4, 0.5) is 4.79 Å². The van der Waals surface area contributed by atoms with Gasteiger partial charge in [-0.1, -0.05) is 12.5 Å². The first-order valence-electron chi connectivity index (χ1n) is 8.50. The van der Waals surface area contributed by atoms with Crippen molar-refractivity contribution in [2.45, 2.75) is 64.6 Å². The molecule has 1 amide bonds. The van der Waals surface area contributed by atoms with Crippen LogP contribution in [-0.4, -0.2) is 40.7 Å². The van der Waals surface area contributed by atoms with Gasteiger partial charge in [0.2, 0.25) is 0 Å². The third-order valence-electron chi connectivity index (χ3n) is 4.17. The topological polar surface area (TPSA) is 54.5 Å². The highest BCUT2D eigenvalue weighted by Gasteiger charge is 2.28. The summed E-state index contributed by atoms with van der Waals surface area (Å²) in [5.41, 5.74) is 0.620. The van der Waals surface area contributed by atoms with Crippen molar-refractivity contribution in [3.8, 4) is 0 Å². The third-order valence-corrected chi connectivity index (χ3v) is 4.17. The van der Waals surface area contributed by atoms with Gasteiger partial charge in [-0.25, -0.2) is 4.79 Å². The standard InChI is InChI=1S/C18H29N3O2/c1-14(16-10-5-7-11-19-16)21-12-8-6-9-15(21)13-20-17(22)23-18(2,3)4/h5,7,10-11,14-15H,6,8-9,12-13H2,1-4H3,(H,20,22)/t14-,15-/m0/s1. The zero-order valence-corrected chi connectivity index (χ0v) is 14.7. The average Bonchev–Trinajstić information content (AvgIpc) is 2.52. The number of piperidine rings is 1. The number of nitrogens with one attached hydrogen (secondary N) is 1. The summed E-state index contributed by atoms with van der Waals surface area (Å²) in [5.74, 6) is 0. The first-order valence-corrected chi connectivity index (χ1v) is 8.50. The van der Waals surface area contributed by atoms with Crippen molar-refractivity contribution < 1.29 is 9.53 Å². The van der Waals surface area contributed by atoms with Crippen molar-refractivity contribution in [3.63, 3.8) is 0 Å². The largest absolute Gasteiger partial charge is 0.444 e. The number of rotatable bonds is 4. The number of hydrogen-bond acceptors (Lipinski definition) is 4. The lowest BCUT2D eigenvalue weighted by atomic mass is 9.99. The maximum absolute atomic E-state index is 11.9. The number of alkyl carbamates (subject to hydrolysis) is 1. The predicted molar refractivity (Wildman–Crippen MR) is 91.2 cm³/mol. The SMILES string of the molecule is C[C@@H](c1ccccn1)N1CCCC[C@H]1CNC(=O)OC(C)(C)C. The van der Waals surface area contributed by atoms with Gasteiger partial charge in [0.1, 0.15) is 5.60 Å². The normalized spacial score (nSPS) is 20.8. The highest BCUT2D eigenvalue weighted by atomic mass is 16.6. The zero-order valence-electron chi connectivity index (χ0n) is 14.7. The van der Waals surface area contributed by atoms with Crippen molar-refractivity contribution in [3.05, 3.63) is 30.1 Å². The number of likely N-dealkylation sites (tertiary alicyclic amines) is 1. The van der Waals surface area contributed by atoms with E-state index in [-0.39, 0.29) is 12.1 Å². The minimum Gasteiger partial charge on any atom is -0.444 e. The van der Waals surface area contributed by atoms with Crippen molar-refractivity contribution in [2.24, 2.45) is 0 Å². The van der Waals surface area contributed by atoms with E-state index in [1.165, 1.54) is 12.8 Å². The number of nitrogens with zero attached hydrogens (tertiary/aromatic N) is 2. The molecule has 0 bridgehead atoms. The molecule has 0 spiro atoms. The fourth-order valence-electron chi connectivity index (χ4n) is 3.06. The fourth-order valence-corrected chi connectivity index (χ4v) is 3.06. The molecular formula is C18H29N3O2. The molecule has 1 aliphatic heterocycles. The summed E-state index contributed by atoms with van der Waals surface area (Å²) < 4.78 is 5.33. The van der Waals surface area contributed by atoms with Gasteiger partial charge >= 0.3 is 6.09 Å². The number of carbonyl (C=O) groups is 1. The second-order valence-electron chi connectivity index (χ2n) is 7.20. The number of carbonyl (C=O) groups excluding carboxylic acids is 1. The molecule has 5 nitrogen and oxygen atoms in total. The Morgan fingerprint density at radius 3 is 2.87 bits per heavy atom. The Morgan fingerprint density at radius 2 is 2.22 bits per heavy atom. The molecule has 1 saturated heterocycles. The van der Waals surface area contributed by atoms with Gasteiger partial charge < -0.3 is 10.1 Å². The first-order chi connectivity index (χ1) is 10.9. The van der Waals surface area contributed by atoms with Crippen LogP contribution < -0.4 is 5.32 Å². The van der Waals surface area contributed by atoms with Gasteiger partial charge in [0.15, 0.2) is 0 Å². The first kappa shape index (κ1) is 17.7. The summed E-state index contributed by atoms with van der Waals surface area (Å²) >= 11 is 0. The maximum atomic E-state index is 11.9. The molecule has 128 valence electrons. The Balaban J connectivity index is 1.94. The van der Waals surface area contributed by atoms with Gasteiger partial charge in [-0.15, -0.1) is 0 Å². The summed E-state index contributed by atoms with van der Waals surface area (Å²) in [6, 6.07) is 6.61. The highest BCUT2D eigenvalue weighted by Crippen LogP contribution is 2.27. The lowest BCUT2D eigenvalue weighted by Gasteiger charge is -2.39. The van der Waals surface area contributed by atoms with Crippen molar-refractivity contribution in [1.82, 2.24) is 15.2 Å². The highest BCUT2D eigenvalue weighted by molar-refractivity contribution is 5.67. The van der Waals surface area contributed by atoms with Gasteiger partial charge in [0.25, 0.3) is 0 Å². The van der Waals surface area contributed by atoms with Gasteiger partial charge in [0, 0.05) is 24.8 Å². The molecule has 0 aromatic carbocycles. The Labute approximate surface area is 139 Å². The van der Waals surface area contributed by atoms with Crippen LogP contribution in [0.2, 0.25) is 0 Å². The van der Waals surface area contributed by atoms with Crippen LogP contribution in [0.5, 0.6) is 0 Å². The molecule has 23 heavy (non-hydrogen) atoms. The molecule has 0 radical (unpaired) electrons. The molecule has 0 aliphatic carbocycles. The molecule has 1 N–H and O–H groups in total. The van der Waals surface area contributed by atoms with E-state index in [9.17, 15) is 4.79 Å². The molecule has 2 heterocycles. The van der Waals surface area contributed by atoms with Crippen LogP contribution in [0.3, 0.4) is 0 Å². The van der Waals surface area contributed by atoms with E-state index >= 15 is 0 Å². The van der Waals surface area contributed by atoms with Gasteiger partial charge in [-0.05, 0) is 59.2 Å². The summed E-state index contributed by atoms with van der Waals surface area (Å²) in [4.78, 5) is 18.8. The molecule has 5 heteroatoms. The Morgan fingerprint density at radius 1 is 1.43 bits per heavy atom. The average molecular weight is 319 g/mol. The Kier molecular flexibility index (Phi) is 5.99. The van der Waals surface area contributed by atoms with E-state index in [0.29, 0.717) is 12.6 Å². The van der Waals surface area contributed by atoms with E-state index in [1.54, 1.807) is 0 Å². The van der Waals surface area contributed by atoms with Crippen LogP contribution >= 0.6 is 0 Å². The van der Waals surface area contributed by atoms with E-state index < -0.39 is 5.60 Å². The van der Waals surface area contributed by atoms with E-state index in [1.807, 2.05) is 39.1 Å². The van der Waals surface area contributed by atoms with E-state index in [4.69, 9.17) is 4.74 Å². The fraction of sp³-hybridized carbons (Fsp3) is 0.667. The van der Waals surface area contributed by atoms with Gasteiger partial charge in [0.05, 0.1) is 5.69 Å². The molecular weight excluding hydrogens is 290 g/mol. The van der Waals surface area contributed by atoms with E-state index in [0.717, 1.165) is 18.7 Å². The van der Waals surface area contributed by atoms with Crippen LogP contribution in [0.1, 0.15) is 58.7 Å². The second kappa shape index (κ2) is 7.77. The Bertz CT molecular complexity index is 499. The monoisotopic (exact) mass is 319 g/mol. The number of amides is 1. The number of hydrogen-bond donors (Lipinski definition) is 1. The maximum Gasteiger partial charge on any atom is 0.407 e.